The van der Waals surface area contributed by atoms with Crippen LogP contribution in [0, 0.1) is 0 Å². The van der Waals surface area contributed by atoms with E-state index in [0.29, 0.717) is 11.6 Å². The molecule has 0 unspecified atom stereocenters. The second kappa shape index (κ2) is 10.7. The van der Waals surface area contributed by atoms with E-state index >= 15 is 0 Å². The molecule has 0 aliphatic rings. The lowest BCUT2D eigenvalue weighted by atomic mass is 10.2. The Morgan fingerprint density at radius 3 is 2.64 bits per heavy atom. The number of halogens is 1. The van der Waals surface area contributed by atoms with Gasteiger partial charge in [-0.15, -0.1) is 10.2 Å². The molecule has 0 aromatic carbocycles. The second-order valence-electron chi connectivity index (χ2n) is 4.61. The average Bonchev–Trinajstić information content (AvgIpc) is 2.99. The van der Waals surface area contributed by atoms with E-state index in [0.717, 1.165) is 37.9 Å². The summed E-state index contributed by atoms with van der Waals surface area (Å²) >= 11 is 5.65. The van der Waals surface area contributed by atoms with E-state index in [9.17, 15) is 4.79 Å². The van der Waals surface area contributed by atoms with Gasteiger partial charge in [-0.05, 0) is 37.8 Å². The fourth-order valence-electron chi connectivity index (χ4n) is 1.62. The molecule has 0 aliphatic heterocycles. The highest BCUT2D eigenvalue weighted by atomic mass is 35.5. The van der Waals surface area contributed by atoms with E-state index in [1.807, 2.05) is 23.9 Å². The number of aromatic nitrogens is 5. The molecule has 0 fully saturated rings. The Balaban J connectivity index is 0.000000346. The Morgan fingerprint density at radius 1 is 1.32 bits per heavy atom. The molecule has 2 rings (SSSR count). The van der Waals surface area contributed by atoms with Crippen LogP contribution in [0.2, 0.25) is 5.15 Å². The predicted octanol–water partition coefficient (Wildman–Crippen LogP) is 2.62. The standard InChI is InChI=1S/C10H12ClN5.C4H8O2/c11-10-5-4-9(13-14-10)3-1-2-7-16-8-6-12-15-16;1-2-3-4(5)6/h4-6,8H,1-3,7H2;2-3H2,1H3,(H,5,6). The minimum atomic E-state index is -0.711. The summed E-state index contributed by atoms with van der Waals surface area (Å²) in [5.74, 6) is -0.711. The number of hydrogen-bond acceptors (Lipinski definition) is 5. The van der Waals surface area contributed by atoms with Crippen molar-refractivity contribution in [1.82, 2.24) is 25.2 Å². The molecule has 0 atom stereocenters. The summed E-state index contributed by atoms with van der Waals surface area (Å²) in [7, 11) is 0. The molecule has 0 saturated heterocycles. The SMILES string of the molecule is CCCC(=O)O.Clc1ccc(CCCCn2ccnn2)nn1. The predicted molar refractivity (Wildman–Crippen MR) is 82.5 cm³/mol. The van der Waals surface area contributed by atoms with Crippen LogP contribution < -0.4 is 0 Å². The summed E-state index contributed by atoms with van der Waals surface area (Å²) in [6.45, 7) is 2.73. The van der Waals surface area contributed by atoms with Crippen molar-refractivity contribution in [3.63, 3.8) is 0 Å². The Hall–Kier alpha value is -2.02. The molecule has 0 saturated carbocycles. The summed E-state index contributed by atoms with van der Waals surface area (Å²) in [6, 6.07) is 3.67. The van der Waals surface area contributed by atoms with Crippen LogP contribution in [-0.2, 0) is 17.8 Å². The summed E-state index contributed by atoms with van der Waals surface area (Å²) in [6.07, 6.45) is 7.59. The molecule has 0 bridgehead atoms. The number of carboxylic acid groups (broad SMARTS) is 1. The van der Waals surface area contributed by atoms with Crippen molar-refractivity contribution in [3.8, 4) is 0 Å². The maximum Gasteiger partial charge on any atom is 0.303 e. The van der Waals surface area contributed by atoms with E-state index in [1.54, 1.807) is 12.3 Å². The lowest BCUT2D eigenvalue weighted by Crippen LogP contribution is -2.00. The Labute approximate surface area is 134 Å². The number of carboxylic acids is 1. The Kier molecular flexibility index (Phi) is 8.74. The van der Waals surface area contributed by atoms with Gasteiger partial charge in [-0.25, -0.2) is 0 Å². The van der Waals surface area contributed by atoms with E-state index in [4.69, 9.17) is 16.7 Å². The number of hydrogen-bond donors (Lipinski definition) is 1. The lowest BCUT2D eigenvalue weighted by molar-refractivity contribution is -0.137. The molecular weight excluding hydrogens is 306 g/mol. The number of aliphatic carboxylic acids is 1. The molecule has 0 amide bonds. The molecule has 2 aromatic heterocycles. The molecular formula is C14H20ClN5O2. The summed E-state index contributed by atoms with van der Waals surface area (Å²) in [5, 5.41) is 23.8. The van der Waals surface area contributed by atoms with Crippen molar-refractivity contribution in [3.05, 3.63) is 35.4 Å². The maximum absolute atomic E-state index is 9.60. The van der Waals surface area contributed by atoms with Gasteiger partial charge in [0.05, 0.1) is 11.9 Å². The molecule has 2 heterocycles. The van der Waals surface area contributed by atoms with E-state index in [-0.39, 0.29) is 0 Å². The van der Waals surface area contributed by atoms with Gasteiger partial charge in [-0.3, -0.25) is 9.48 Å². The molecule has 0 spiro atoms. The normalized spacial score (nSPS) is 9.91. The highest BCUT2D eigenvalue weighted by Gasteiger charge is 1.97. The molecule has 1 N–H and O–H groups in total. The third kappa shape index (κ3) is 8.31. The zero-order valence-corrected chi connectivity index (χ0v) is 13.3. The zero-order chi connectivity index (χ0) is 16.2. The first-order chi connectivity index (χ1) is 10.6. The van der Waals surface area contributed by atoms with Gasteiger partial charge in [0.15, 0.2) is 5.15 Å². The van der Waals surface area contributed by atoms with Crippen molar-refractivity contribution in [1.29, 1.82) is 0 Å². The van der Waals surface area contributed by atoms with Crippen molar-refractivity contribution in [2.45, 2.75) is 45.6 Å². The van der Waals surface area contributed by atoms with Crippen molar-refractivity contribution in [2.75, 3.05) is 0 Å². The molecule has 2 aromatic rings. The lowest BCUT2D eigenvalue weighted by Gasteiger charge is -2.00. The average molecular weight is 326 g/mol. The number of nitrogens with zero attached hydrogens (tertiary/aromatic N) is 5. The summed E-state index contributed by atoms with van der Waals surface area (Å²) < 4.78 is 1.83. The van der Waals surface area contributed by atoms with E-state index < -0.39 is 5.97 Å². The highest BCUT2D eigenvalue weighted by Crippen LogP contribution is 2.05. The minimum Gasteiger partial charge on any atom is -0.481 e. The Morgan fingerprint density at radius 2 is 2.14 bits per heavy atom. The smallest absolute Gasteiger partial charge is 0.303 e. The molecule has 7 nitrogen and oxygen atoms in total. The van der Waals surface area contributed by atoms with E-state index in [1.165, 1.54) is 0 Å². The first kappa shape index (κ1) is 18.0. The van der Waals surface area contributed by atoms with E-state index in [2.05, 4.69) is 20.5 Å². The number of carbonyl (C=O) groups is 1. The largest absolute Gasteiger partial charge is 0.481 e. The van der Waals surface area contributed by atoms with Crippen LogP contribution in [0.25, 0.3) is 0 Å². The van der Waals surface area contributed by atoms with Crippen LogP contribution >= 0.6 is 11.6 Å². The minimum absolute atomic E-state index is 0.292. The molecule has 0 aliphatic carbocycles. The van der Waals surface area contributed by atoms with Gasteiger partial charge in [0, 0.05) is 19.2 Å². The van der Waals surface area contributed by atoms with Crippen LogP contribution in [0.4, 0.5) is 0 Å². The second-order valence-corrected chi connectivity index (χ2v) is 5.00. The first-order valence-corrected chi connectivity index (χ1v) is 7.53. The first-order valence-electron chi connectivity index (χ1n) is 7.15. The van der Waals surface area contributed by atoms with Gasteiger partial charge >= 0.3 is 5.97 Å². The van der Waals surface area contributed by atoms with Crippen LogP contribution in [0.15, 0.2) is 24.5 Å². The van der Waals surface area contributed by atoms with Crippen LogP contribution in [0.5, 0.6) is 0 Å². The fraction of sp³-hybridized carbons (Fsp3) is 0.500. The van der Waals surface area contributed by atoms with Crippen molar-refractivity contribution < 1.29 is 9.90 Å². The summed E-state index contributed by atoms with van der Waals surface area (Å²) in [4.78, 5) is 9.60. The molecule has 8 heteroatoms. The number of unbranched alkanes of at least 4 members (excludes halogenated alkanes) is 1. The third-order valence-corrected chi connectivity index (χ3v) is 2.89. The van der Waals surface area contributed by atoms with Crippen molar-refractivity contribution >= 4 is 17.6 Å². The highest BCUT2D eigenvalue weighted by molar-refractivity contribution is 6.29. The van der Waals surface area contributed by atoms with Crippen LogP contribution in [0.3, 0.4) is 0 Å². The Bertz CT molecular complexity index is 531. The van der Waals surface area contributed by atoms with Crippen molar-refractivity contribution in [2.24, 2.45) is 0 Å². The molecule has 120 valence electrons. The number of aryl methyl sites for hydroxylation is 2. The van der Waals surface area contributed by atoms with Gasteiger partial charge < -0.3 is 5.11 Å². The van der Waals surface area contributed by atoms with Gasteiger partial charge in [0.2, 0.25) is 0 Å². The topological polar surface area (TPSA) is 93.8 Å². The van der Waals surface area contributed by atoms with Gasteiger partial charge in [0.25, 0.3) is 0 Å². The molecule has 0 radical (unpaired) electrons. The monoisotopic (exact) mass is 325 g/mol. The molecule has 22 heavy (non-hydrogen) atoms. The third-order valence-electron chi connectivity index (χ3n) is 2.69. The maximum atomic E-state index is 9.60. The van der Waals surface area contributed by atoms with Gasteiger partial charge in [0.1, 0.15) is 0 Å². The fourth-order valence-corrected chi connectivity index (χ4v) is 1.72. The van der Waals surface area contributed by atoms with Gasteiger partial charge in [-0.1, -0.05) is 23.7 Å². The van der Waals surface area contributed by atoms with Crippen LogP contribution in [0.1, 0.15) is 38.3 Å². The quantitative estimate of drug-likeness (QED) is 0.786. The van der Waals surface area contributed by atoms with Gasteiger partial charge in [-0.2, -0.15) is 5.10 Å². The van der Waals surface area contributed by atoms with Crippen LogP contribution in [-0.4, -0.2) is 36.3 Å². The summed E-state index contributed by atoms with van der Waals surface area (Å²) in [5.41, 5.74) is 0.975. The zero-order valence-electron chi connectivity index (χ0n) is 12.5. The number of rotatable bonds is 7.